The summed E-state index contributed by atoms with van der Waals surface area (Å²) in [5, 5.41) is 0. The van der Waals surface area contributed by atoms with Gasteiger partial charge in [0.05, 0.1) is 0 Å². The maximum absolute atomic E-state index is 11.3. The predicted molar refractivity (Wildman–Crippen MR) is 48.2 cm³/mol. The summed E-state index contributed by atoms with van der Waals surface area (Å²) in [6, 6.07) is 0. The number of likely N-dealkylation sites (tertiary alicyclic amines) is 1. The van der Waals surface area contributed by atoms with Crippen LogP contribution in [0.3, 0.4) is 0 Å². The van der Waals surface area contributed by atoms with Crippen LogP contribution in [0.25, 0.3) is 0 Å². The Balaban J connectivity index is 1.95. The number of rotatable bonds is 2. The summed E-state index contributed by atoms with van der Waals surface area (Å²) >= 11 is 0. The van der Waals surface area contributed by atoms with Gasteiger partial charge < -0.3 is 4.90 Å². The molecule has 3 nitrogen and oxygen atoms in total. The van der Waals surface area contributed by atoms with Gasteiger partial charge in [-0.1, -0.05) is 13.3 Å². The van der Waals surface area contributed by atoms with Gasteiger partial charge in [-0.15, -0.1) is 0 Å². The van der Waals surface area contributed by atoms with E-state index in [4.69, 9.17) is 0 Å². The van der Waals surface area contributed by atoms with Crippen LogP contribution in [0.15, 0.2) is 0 Å². The van der Waals surface area contributed by atoms with Gasteiger partial charge in [0.15, 0.2) is 0 Å². The molecule has 72 valence electrons. The molecule has 13 heavy (non-hydrogen) atoms. The first-order valence-electron chi connectivity index (χ1n) is 4.93. The summed E-state index contributed by atoms with van der Waals surface area (Å²) in [6.07, 6.45) is 4.09. The van der Waals surface area contributed by atoms with Crippen LogP contribution < -0.4 is 0 Å². The Labute approximate surface area is 78.1 Å². The molecule has 0 N–H and O–H groups in total. The number of nitrogens with zero attached hydrogens (tertiary/aromatic N) is 1. The van der Waals surface area contributed by atoms with E-state index in [2.05, 4.69) is 6.92 Å². The normalized spacial score (nSPS) is 26.4. The maximum atomic E-state index is 11.3. The van der Waals surface area contributed by atoms with Crippen molar-refractivity contribution in [3.63, 3.8) is 0 Å². The zero-order chi connectivity index (χ0) is 9.47. The van der Waals surface area contributed by atoms with Gasteiger partial charge in [-0.25, -0.2) is 0 Å². The van der Waals surface area contributed by atoms with Gasteiger partial charge in [-0.05, 0) is 18.3 Å². The molecule has 1 aliphatic heterocycles. The first-order chi connectivity index (χ1) is 6.11. The van der Waals surface area contributed by atoms with Crippen molar-refractivity contribution >= 4 is 11.7 Å². The average molecular weight is 181 g/mol. The summed E-state index contributed by atoms with van der Waals surface area (Å²) in [6.45, 7) is 3.64. The van der Waals surface area contributed by atoms with Crippen molar-refractivity contribution < 1.29 is 9.59 Å². The zero-order valence-electron chi connectivity index (χ0n) is 8.01. The summed E-state index contributed by atoms with van der Waals surface area (Å²) in [5.74, 6) is -0.462. The molecule has 0 spiro atoms. The predicted octanol–water partition coefficient (Wildman–Crippen LogP) is 0.978. The fourth-order valence-electron chi connectivity index (χ4n) is 2.17. The van der Waals surface area contributed by atoms with Gasteiger partial charge in [0, 0.05) is 19.5 Å². The fraction of sp³-hybridized carbons (Fsp3) is 0.800. The monoisotopic (exact) mass is 181 g/mol. The number of amides is 1. The van der Waals surface area contributed by atoms with Gasteiger partial charge in [0.1, 0.15) is 0 Å². The van der Waals surface area contributed by atoms with E-state index >= 15 is 0 Å². The molecular weight excluding hydrogens is 166 g/mol. The van der Waals surface area contributed by atoms with Crippen LogP contribution in [0.2, 0.25) is 0 Å². The van der Waals surface area contributed by atoms with E-state index in [-0.39, 0.29) is 11.7 Å². The minimum absolute atomic E-state index is 0.206. The number of hydrogen-bond acceptors (Lipinski definition) is 2. The number of carbonyl (C=O) groups is 2. The molecule has 1 aliphatic carbocycles. The summed E-state index contributed by atoms with van der Waals surface area (Å²) < 4.78 is 0. The third-order valence-corrected chi connectivity index (χ3v) is 3.27. The Hall–Kier alpha value is -0.860. The molecule has 2 aliphatic rings. The molecule has 0 atom stereocenters. The lowest BCUT2D eigenvalue weighted by Gasteiger charge is -2.40. The molecular formula is C10H15NO2. The Morgan fingerprint density at radius 1 is 1.38 bits per heavy atom. The first kappa shape index (κ1) is 8.73. The molecule has 0 aromatic carbocycles. The molecule has 0 radical (unpaired) electrons. The topological polar surface area (TPSA) is 37.4 Å². The van der Waals surface area contributed by atoms with E-state index in [1.165, 1.54) is 19.3 Å². The molecule has 1 amide bonds. The van der Waals surface area contributed by atoms with Crippen molar-refractivity contribution in [3.05, 3.63) is 0 Å². The fourth-order valence-corrected chi connectivity index (χ4v) is 2.17. The second kappa shape index (κ2) is 2.82. The lowest BCUT2D eigenvalue weighted by molar-refractivity contribution is -0.141. The first-order valence-corrected chi connectivity index (χ1v) is 4.93. The second-order valence-electron chi connectivity index (χ2n) is 4.56. The minimum atomic E-state index is -0.256. The quantitative estimate of drug-likeness (QED) is 0.595. The number of ketones is 1. The van der Waals surface area contributed by atoms with Crippen molar-refractivity contribution in [1.82, 2.24) is 4.90 Å². The third-order valence-electron chi connectivity index (χ3n) is 3.27. The standard InChI is InChI=1S/C10H15NO2/c1-10(4-2-5-10)7-11-6-3-8(12)9(11)13/h2-7H2,1H3. The Morgan fingerprint density at radius 3 is 2.46 bits per heavy atom. The Bertz CT molecular complexity index is 256. The van der Waals surface area contributed by atoms with E-state index in [0.29, 0.717) is 18.4 Å². The Morgan fingerprint density at radius 2 is 2.08 bits per heavy atom. The molecule has 2 rings (SSSR count). The smallest absolute Gasteiger partial charge is 0.290 e. The minimum Gasteiger partial charge on any atom is -0.335 e. The molecule has 1 saturated carbocycles. The highest BCUT2D eigenvalue weighted by atomic mass is 16.2. The largest absolute Gasteiger partial charge is 0.335 e. The highest BCUT2D eigenvalue weighted by Crippen LogP contribution is 2.41. The van der Waals surface area contributed by atoms with E-state index < -0.39 is 0 Å². The van der Waals surface area contributed by atoms with Crippen molar-refractivity contribution in [2.24, 2.45) is 5.41 Å². The summed E-state index contributed by atoms with van der Waals surface area (Å²) in [5.41, 5.74) is 0.306. The summed E-state index contributed by atoms with van der Waals surface area (Å²) in [4.78, 5) is 24.0. The number of Topliss-reactive ketones (excluding diaryl/α,β-unsaturated/α-hetero) is 1. The molecule has 2 fully saturated rings. The van der Waals surface area contributed by atoms with Crippen molar-refractivity contribution in [2.45, 2.75) is 32.6 Å². The summed E-state index contributed by atoms with van der Waals surface area (Å²) in [7, 11) is 0. The highest BCUT2D eigenvalue weighted by molar-refractivity contribution is 6.37. The second-order valence-corrected chi connectivity index (χ2v) is 4.56. The van der Waals surface area contributed by atoms with Crippen LogP contribution in [0.1, 0.15) is 32.6 Å². The van der Waals surface area contributed by atoms with Crippen molar-refractivity contribution in [3.8, 4) is 0 Å². The average Bonchev–Trinajstić information content (AvgIpc) is 2.33. The van der Waals surface area contributed by atoms with Crippen molar-refractivity contribution in [1.29, 1.82) is 0 Å². The molecule has 3 heteroatoms. The van der Waals surface area contributed by atoms with Gasteiger partial charge in [-0.3, -0.25) is 9.59 Å². The molecule has 0 bridgehead atoms. The van der Waals surface area contributed by atoms with Gasteiger partial charge in [-0.2, -0.15) is 0 Å². The van der Waals surface area contributed by atoms with Crippen molar-refractivity contribution in [2.75, 3.05) is 13.1 Å². The molecule has 1 heterocycles. The SMILES string of the molecule is CC1(CN2CCC(=O)C2=O)CCC1. The van der Waals surface area contributed by atoms with Crippen LogP contribution in [0, 0.1) is 5.41 Å². The molecule has 0 aromatic heterocycles. The maximum Gasteiger partial charge on any atom is 0.290 e. The van der Waals surface area contributed by atoms with Gasteiger partial charge >= 0.3 is 0 Å². The molecule has 0 unspecified atom stereocenters. The zero-order valence-corrected chi connectivity index (χ0v) is 8.01. The van der Waals surface area contributed by atoms with Crippen LogP contribution in [0.4, 0.5) is 0 Å². The molecule has 0 aromatic rings. The van der Waals surface area contributed by atoms with E-state index in [1.54, 1.807) is 4.90 Å². The molecule has 1 saturated heterocycles. The van der Waals surface area contributed by atoms with E-state index in [0.717, 1.165) is 6.54 Å². The number of carbonyl (C=O) groups excluding carboxylic acids is 2. The number of hydrogen-bond donors (Lipinski definition) is 0. The van der Waals surface area contributed by atoms with E-state index in [1.807, 2.05) is 0 Å². The highest BCUT2D eigenvalue weighted by Gasteiger charge is 2.38. The van der Waals surface area contributed by atoms with Gasteiger partial charge in [0.2, 0.25) is 5.78 Å². The van der Waals surface area contributed by atoms with Crippen LogP contribution in [0.5, 0.6) is 0 Å². The van der Waals surface area contributed by atoms with E-state index in [9.17, 15) is 9.59 Å². The third kappa shape index (κ3) is 1.47. The van der Waals surface area contributed by atoms with Crippen LogP contribution in [-0.4, -0.2) is 29.7 Å². The lowest BCUT2D eigenvalue weighted by Crippen LogP contribution is -2.41. The van der Waals surface area contributed by atoms with Crippen LogP contribution >= 0.6 is 0 Å². The lowest BCUT2D eigenvalue weighted by atomic mass is 9.70. The van der Waals surface area contributed by atoms with Gasteiger partial charge in [0.25, 0.3) is 5.91 Å². The Kier molecular flexibility index (Phi) is 1.90. The van der Waals surface area contributed by atoms with Crippen LogP contribution in [-0.2, 0) is 9.59 Å².